The molecular weight excluding hydrogens is 250 g/mol. The van der Waals surface area contributed by atoms with Crippen molar-refractivity contribution in [1.29, 1.82) is 0 Å². The summed E-state index contributed by atoms with van der Waals surface area (Å²) in [6.45, 7) is 0. The van der Waals surface area contributed by atoms with Gasteiger partial charge in [0.15, 0.2) is 5.76 Å². The second-order valence-electron chi connectivity index (χ2n) is 4.42. The second-order valence-corrected chi connectivity index (χ2v) is 4.42. The average Bonchev–Trinajstić information content (AvgIpc) is 2.51. The largest absolute Gasteiger partial charge is 0.493 e. The molecule has 0 saturated carbocycles. The summed E-state index contributed by atoms with van der Waals surface area (Å²) in [5.41, 5.74) is 3.05. The van der Waals surface area contributed by atoms with Crippen LogP contribution in [0.15, 0.2) is 71.4 Å². The molecule has 0 bridgehead atoms. The first-order valence-electron chi connectivity index (χ1n) is 6.33. The number of ether oxygens (including phenoxy) is 1. The highest BCUT2D eigenvalue weighted by Gasteiger charge is 2.24. The third kappa shape index (κ3) is 2.14. The predicted octanol–water partition coefficient (Wildman–Crippen LogP) is 3.53. The number of rotatable bonds is 2. The van der Waals surface area contributed by atoms with Gasteiger partial charge in [-0.2, -0.15) is 0 Å². The highest BCUT2D eigenvalue weighted by atomic mass is 16.5. The SMILES string of the molecule is COC1=CC(=Nc2ccccc2)c2ccccc2C1=O. The Bertz CT molecular complexity index is 715. The molecule has 0 spiro atoms. The maximum absolute atomic E-state index is 12.2. The van der Waals surface area contributed by atoms with Gasteiger partial charge in [-0.25, -0.2) is 4.99 Å². The minimum absolute atomic E-state index is 0.102. The summed E-state index contributed by atoms with van der Waals surface area (Å²) in [5.74, 6) is 0.216. The van der Waals surface area contributed by atoms with Crippen LogP contribution in [-0.2, 0) is 4.74 Å². The van der Waals surface area contributed by atoms with Crippen LogP contribution in [0.4, 0.5) is 5.69 Å². The molecule has 3 nitrogen and oxygen atoms in total. The van der Waals surface area contributed by atoms with E-state index in [0.717, 1.165) is 17.0 Å². The van der Waals surface area contributed by atoms with Crippen molar-refractivity contribution in [3.8, 4) is 0 Å². The Morgan fingerprint density at radius 3 is 2.25 bits per heavy atom. The number of ketones is 1. The molecule has 1 aliphatic rings. The molecule has 0 aliphatic heterocycles. The maximum atomic E-state index is 12.2. The summed E-state index contributed by atoms with van der Waals surface area (Å²) >= 11 is 0. The smallest absolute Gasteiger partial charge is 0.228 e. The van der Waals surface area contributed by atoms with E-state index in [-0.39, 0.29) is 5.78 Å². The topological polar surface area (TPSA) is 38.7 Å². The predicted molar refractivity (Wildman–Crippen MR) is 78.5 cm³/mol. The Balaban J connectivity index is 2.16. The van der Waals surface area contributed by atoms with Crippen LogP contribution in [0.5, 0.6) is 0 Å². The average molecular weight is 263 g/mol. The molecule has 0 atom stereocenters. The normalized spacial score (nSPS) is 15.8. The Labute approximate surface area is 117 Å². The zero-order valence-corrected chi connectivity index (χ0v) is 11.0. The van der Waals surface area contributed by atoms with Gasteiger partial charge in [0.25, 0.3) is 0 Å². The first kappa shape index (κ1) is 12.4. The van der Waals surface area contributed by atoms with E-state index < -0.39 is 0 Å². The number of Topliss-reactive ketones (excluding diaryl/α,β-unsaturated/α-hetero) is 1. The van der Waals surface area contributed by atoms with E-state index in [1.807, 2.05) is 48.5 Å². The highest BCUT2D eigenvalue weighted by molar-refractivity contribution is 6.25. The quantitative estimate of drug-likeness (QED) is 0.831. The van der Waals surface area contributed by atoms with Crippen molar-refractivity contribution in [2.24, 2.45) is 4.99 Å². The number of carbonyl (C=O) groups is 1. The Morgan fingerprint density at radius 2 is 1.55 bits per heavy atom. The fourth-order valence-corrected chi connectivity index (χ4v) is 2.19. The molecule has 0 fully saturated rings. The molecular formula is C17H13NO2. The lowest BCUT2D eigenvalue weighted by Crippen LogP contribution is -2.18. The summed E-state index contributed by atoms with van der Waals surface area (Å²) < 4.78 is 5.16. The molecule has 2 aromatic carbocycles. The monoisotopic (exact) mass is 263 g/mol. The van der Waals surface area contributed by atoms with Gasteiger partial charge in [-0.15, -0.1) is 0 Å². The van der Waals surface area contributed by atoms with Crippen LogP contribution in [-0.4, -0.2) is 18.6 Å². The number of nitrogens with zero attached hydrogens (tertiary/aromatic N) is 1. The minimum Gasteiger partial charge on any atom is -0.493 e. The van der Waals surface area contributed by atoms with Crippen LogP contribution < -0.4 is 0 Å². The van der Waals surface area contributed by atoms with Crippen molar-refractivity contribution in [3.63, 3.8) is 0 Å². The van der Waals surface area contributed by atoms with E-state index in [2.05, 4.69) is 4.99 Å². The number of para-hydroxylation sites is 1. The van der Waals surface area contributed by atoms with Crippen molar-refractivity contribution < 1.29 is 9.53 Å². The van der Waals surface area contributed by atoms with Gasteiger partial charge in [-0.05, 0) is 12.1 Å². The Morgan fingerprint density at radius 1 is 0.900 bits per heavy atom. The summed E-state index contributed by atoms with van der Waals surface area (Å²) in [6, 6.07) is 17.1. The number of carbonyl (C=O) groups excluding carboxylic acids is 1. The van der Waals surface area contributed by atoms with Gasteiger partial charge in [0, 0.05) is 17.2 Å². The van der Waals surface area contributed by atoms with Crippen LogP contribution in [0.1, 0.15) is 15.9 Å². The molecule has 3 heteroatoms. The minimum atomic E-state index is -0.102. The number of allylic oxidation sites excluding steroid dienone is 2. The lowest BCUT2D eigenvalue weighted by atomic mass is 9.93. The van der Waals surface area contributed by atoms with Gasteiger partial charge in [0.2, 0.25) is 5.78 Å². The highest BCUT2D eigenvalue weighted by Crippen LogP contribution is 2.24. The zero-order chi connectivity index (χ0) is 13.9. The van der Waals surface area contributed by atoms with Gasteiger partial charge < -0.3 is 4.74 Å². The molecule has 0 radical (unpaired) electrons. The second kappa shape index (κ2) is 5.13. The Kier molecular flexibility index (Phi) is 3.17. The molecule has 0 saturated heterocycles. The molecule has 1 aliphatic carbocycles. The van der Waals surface area contributed by atoms with Crippen molar-refractivity contribution in [1.82, 2.24) is 0 Å². The van der Waals surface area contributed by atoms with Crippen LogP contribution in [0.25, 0.3) is 0 Å². The molecule has 0 amide bonds. The van der Waals surface area contributed by atoms with Crippen LogP contribution in [0, 0.1) is 0 Å². The first-order chi connectivity index (χ1) is 9.79. The van der Waals surface area contributed by atoms with E-state index in [4.69, 9.17) is 4.74 Å². The van der Waals surface area contributed by atoms with E-state index >= 15 is 0 Å². The van der Waals surface area contributed by atoms with Crippen LogP contribution >= 0.6 is 0 Å². The molecule has 98 valence electrons. The lowest BCUT2D eigenvalue weighted by Gasteiger charge is -2.16. The summed E-state index contributed by atoms with van der Waals surface area (Å²) in [6.07, 6.45) is 1.69. The van der Waals surface area contributed by atoms with Gasteiger partial charge in [0.1, 0.15) is 0 Å². The van der Waals surface area contributed by atoms with E-state index in [0.29, 0.717) is 11.3 Å². The number of hydrogen-bond acceptors (Lipinski definition) is 3. The molecule has 0 unspecified atom stereocenters. The van der Waals surface area contributed by atoms with Crippen molar-refractivity contribution in [2.45, 2.75) is 0 Å². The summed E-state index contributed by atoms with van der Waals surface area (Å²) in [7, 11) is 1.50. The van der Waals surface area contributed by atoms with E-state index in [9.17, 15) is 4.79 Å². The van der Waals surface area contributed by atoms with Crippen LogP contribution in [0.2, 0.25) is 0 Å². The van der Waals surface area contributed by atoms with Gasteiger partial charge in [-0.1, -0.05) is 42.5 Å². The third-order valence-electron chi connectivity index (χ3n) is 3.16. The molecule has 0 heterocycles. The van der Waals surface area contributed by atoms with Gasteiger partial charge >= 0.3 is 0 Å². The number of benzene rings is 2. The third-order valence-corrected chi connectivity index (χ3v) is 3.16. The number of methoxy groups -OCH3 is 1. The van der Waals surface area contributed by atoms with Crippen molar-refractivity contribution in [2.75, 3.05) is 7.11 Å². The fourth-order valence-electron chi connectivity index (χ4n) is 2.19. The summed E-state index contributed by atoms with van der Waals surface area (Å²) in [5, 5.41) is 0. The molecule has 0 aromatic heterocycles. The molecule has 0 N–H and O–H groups in total. The first-order valence-corrected chi connectivity index (χ1v) is 6.33. The molecule has 2 aromatic rings. The maximum Gasteiger partial charge on any atom is 0.228 e. The number of hydrogen-bond donors (Lipinski definition) is 0. The van der Waals surface area contributed by atoms with E-state index in [1.54, 1.807) is 12.1 Å². The molecule has 3 rings (SSSR count). The Hall–Kier alpha value is -2.68. The summed E-state index contributed by atoms with van der Waals surface area (Å²) in [4.78, 5) is 16.8. The van der Waals surface area contributed by atoms with Gasteiger partial charge in [0.05, 0.1) is 18.5 Å². The number of fused-ring (bicyclic) bond motifs is 1. The standard InChI is InChI=1S/C17H13NO2/c1-20-16-11-15(18-12-7-3-2-4-8-12)13-9-5-6-10-14(13)17(16)19/h2-11H,1H3. The zero-order valence-electron chi connectivity index (χ0n) is 11.0. The van der Waals surface area contributed by atoms with Gasteiger partial charge in [-0.3, -0.25) is 4.79 Å². The van der Waals surface area contributed by atoms with Crippen molar-refractivity contribution >= 4 is 17.2 Å². The fraction of sp³-hybridized carbons (Fsp3) is 0.0588. The van der Waals surface area contributed by atoms with E-state index in [1.165, 1.54) is 7.11 Å². The molecule has 20 heavy (non-hydrogen) atoms. The number of aliphatic imine (C=N–C) groups is 1. The van der Waals surface area contributed by atoms with Crippen molar-refractivity contribution in [3.05, 3.63) is 77.6 Å². The van der Waals surface area contributed by atoms with Crippen LogP contribution in [0.3, 0.4) is 0 Å². The lowest BCUT2D eigenvalue weighted by molar-refractivity contribution is 0.0952.